The monoisotopic (exact) mass is 316 g/mol. The molecular weight excluding hydrogens is 300 g/mol. The molecule has 2 amide bonds. The summed E-state index contributed by atoms with van der Waals surface area (Å²) in [4.78, 5) is 34.3. The van der Waals surface area contributed by atoms with Crippen LogP contribution in [0.25, 0.3) is 0 Å². The van der Waals surface area contributed by atoms with E-state index in [1.54, 1.807) is 0 Å². The van der Waals surface area contributed by atoms with Gasteiger partial charge in [0.15, 0.2) is 5.17 Å². The van der Waals surface area contributed by atoms with Gasteiger partial charge in [-0.2, -0.15) is 0 Å². The molecule has 1 aromatic rings. The Morgan fingerprint density at radius 1 is 1.41 bits per heavy atom. The minimum absolute atomic E-state index is 0.0738. The van der Waals surface area contributed by atoms with Crippen molar-refractivity contribution in [3.8, 4) is 0 Å². The normalized spacial score (nSPS) is 19.7. The zero-order valence-corrected chi connectivity index (χ0v) is 13.1. The number of rotatable bonds is 3. The summed E-state index contributed by atoms with van der Waals surface area (Å²) in [6, 6.07) is 7.12. The van der Waals surface area contributed by atoms with Crippen LogP contribution in [0.2, 0.25) is 0 Å². The van der Waals surface area contributed by atoms with E-state index in [2.05, 4.69) is 9.98 Å². The average Bonchev–Trinajstić information content (AvgIpc) is 2.83. The molecule has 0 bridgehead atoms. The maximum Gasteiger partial charge on any atom is 0.259 e. The summed E-state index contributed by atoms with van der Waals surface area (Å²) in [6.45, 7) is 3.93. The molecule has 0 radical (unpaired) electrons. The quantitative estimate of drug-likeness (QED) is 0.917. The number of thioether (sulfide) groups is 1. The van der Waals surface area contributed by atoms with E-state index in [1.807, 2.05) is 38.1 Å². The Hall–Kier alpha value is -2.15. The van der Waals surface area contributed by atoms with Crippen LogP contribution in [0.3, 0.4) is 0 Å². The molecule has 2 aliphatic rings. The molecule has 1 atom stereocenters. The molecule has 0 spiro atoms. The number of benzene rings is 1. The van der Waals surface area contributed by atoms with Crippen LogP contribution in [0.15, 0.2) is 34.3 Å². The van der Waals surface area contributed by atoms with Crippen LogP contribution in [0.4, 0.5) is 5.69 Å². The van der Waals surface area contributed by atoms with Crippen LogP contribution in [0.5, 0.6) is 0 Å². The van der Waals surface area contributed by atoms with Gasteiger partial charge in [-0.15, -0.1) is 0 Å². The number of amides is 2. The van der Waals surface area contributed by atoms with Crippen molar-refractivity contribution in [3.63, 3.8) is 0 Å². The molecule has 0 aliphatic carbocycles. The van der Waals surface area contributed by atoms with E-state index in [1.165, 1.54) is 4.90 Å². The molecule has 0 saturated carbocycles. The van der Waals surface area contributed by atoms with Crippen LogP contribution < -0.4 is 5.73 Å². The molecule has 2 heterocycles. The number of fused-ring (bicyclic) bond motifs is 3. The largest absolute Gasteiger partial charge is 0.369 e. The first-order valence-electron chi connectivity index (χ1n) is 7.00. The van der Waals surface area contributed by atoms with Crippen molar-refractivity contribution in [3.05, 3.63) is 29.8 Å². The zero-order valence-electron chi connectivity index (χ0n) is 12.3. The predicted octanol–water partition coefficient (Wildman–Crippen LogP) is 1.52. The summed E-state index contributed by atoms with van der Waals surface area (Å²) in [7, 11) is 0. The lowest BCUT2D eigenvalue weighted by Crippen LogP contribution is -2.42. The van der Waals surface area contributed by atoms with Gasteiger partial charge in [-0.05, 0) is 18.1 Å². The Labute approximate surface area is 132 Å². The summed E-state index contributed by atoms with van der Waals surface area (Å²) in [5.74, 6) is 0.235. The fourth-order valence-corrected chi connectivity index (χ4v) is 3.18. The lowest BCUT2D eigenvalue weighted by atomic mass is 10.1. The fourth-order valence-electron chi connectivity index (χ4n) is 2.44. The number of hydrogen-bond donors (Lipinski definition) is 1. The third-order valence-corrected chi connectivity index (χ3v) is 4.43. The van der Waals surface area contributed by atoms with Crippen LogP contribution >= 0.6 is 11.8 Å². The molecule has 0 aromatic heterocycles. The van der Waals surface area contributed by atoms with E-state index in [0.717, 1.165) is 23.0 Å². The van der Waals surface area contributed by atoms with Crippen molar-refractivity contribution < 1.29 is 9.59 Å². The van der Waals surface area contributed by atoms with E-state index < -0.39 is 11.9 Å². The summed E-state index contributed by atoms with van der Waals surface area (Å²) in [6.07, 6.45) is 0. The highest BCUT2D eigenvalue weighted by Crippen LogP contribution is 2.34. The first kappa shape index (κ1) is 14.8. The highest BCUT2D eigenvalue weighted by atomic mass is 32.2. The van der Waals surface area contributed by atoms with Crippen molar-refractivity contribution >= 4 is 40.3 Å². The predicted molar refractivity (Wildman–Crippen MR) is 87.2 cm³/mol. The summed E-state index contributed by atoms with van der Waals surface area (Å²) in [5, 5.41) is 0.462. The number of para-hydroxylation sites is 1. The summed E-state index contributed by atoms with van der Waals surface area (Å²) < 4.78 is 0. The number of nitrogens with two attached hydrogens (primary N) is 1. The third-order valence-electron chi connectivity index (χ3n) is 3.47. The van der Waals surface area contributed by atoms with Gasteiger partial charge in [0.2, 0.25) is 5.91 Å². The zero-order chi connectivity index (χ0) is 15.9. The molecule has 1 aromatic carbocycles. The molecule has 2 aliphatic heterocycles. The van der Waals surface area contributed by atoms with Gasteiger partial charge in [-0.1, -0.05) is 37.7 Å². The molecule has 1 unspecified atom stereocenters. The highest BCUT2D eigenvalue weighted by molar-refractivity contribution is 8.14. The number of amidine groups is 2. The molecule has 114 valence electrons. The van der Waals surface area contributed by atoms with Crippen LogP contribution in [-0.2, 0) is 9.59 Å². The van der Waals surface area contributed by atoms with Crippen molar-refractivity contribution in [2.24, 2.45) is 21.6 Å². The third kappa shape index (κ3) is 2.41. The highest BCUT2D eigenvalue weighted by Gasteiger charge is 2.42. The van der Waals surface area contributed by atoms with E-state index in [9.17, 15) is 9.59 Å². The van der Waals surface area contributed by atoms with Crippen LogP contribution in [0, 0.1) is 5.92 Å². The van der Waals surface area contributed by atoms with E-state index in [0.29, 0.717) is 11.0 Å². The Balaban J connectivity index is 2.06. The molecule has 3 rings (SSSR count). The molecular formula is C15H16N4O2S. The second-order valence-electron chi connectivity index (χ2n) is 5.48. The number of primary amides is 1. The van der Waals surface area contributed by atoms with Crippen molar-refractivity contribution in [2.45, 2.75) is 19.9 Å². The van der Waals surface area contributed by atoms with Crippen molar-refractivity contribution in [1.29, 1.82) is 0 Å². The van der Waals surface area contributed by atoms with Gasteiger partial charge in [0.05, 0.1) is 11.4 Å². The van der Waals surface area contributed by atoms with E-state index >= 15 is 0 Å². The smallest absolute Gasteiger partial charge is 0.259 e. The topological polar surface area (TPSA) is 88.1 Å². The molecule has 6 nitrogen and oxygen atoms in total. The van der Waals surface area contributed by atoms with E-state index in [-0.39, 0.29) is 17.6 Å². The van der Waals surface area contributed by atoms with Gasteiger partial charge < -0.3 is 5.73 Å². The fraction of sp³-hybridized carbons (Fsp3) is 0.333. The maximum atomic E-state index is 12.6. The van der Waals surface area contributed by atoms with Crippen LogP contribution in [0.1, 0.15) is 19.4 Å². The molecule has 22 heavy (non-hydrogen) atoms. The van der Waals surface area contributed by atoms with Crippen molar-refractivity contribution in [1.82, 2.24) is 4.90 Å². The molecule has 2 N–H and O–H groups in total. The number of carbonyl (C=O) groups is 2. The Morgan fingerprint density at radius 2 is 2.14 bits per heavy atom. The summed E-state index contributed by atoms with van der Waals surface area (Å²) >= 11 is 1.16. The standard InChI is InChI=1S/C15H16N4O2S/c1-8(2)12-14(21)19-13(18-12)9-5-3-4-6-10(9)17-15(19)22-7-11(16)20/h3-6,8,12H,7H2,1-2H3,(H2,16,20). The second kappa shape index (κ2) is 5.57. The van der Waals surface area contributed by atoms with Gasteiger partial charge in [0, 0.05) is 5.56 Å². The Bertz CT molecular complexity index is 711. The number of hydrogen-bond acceptors (Lipinski definition) is 5. The molecule has 0 fully saturated rings. The Kier molecular flexibility index (Phi) is 3.74. The Morgan fingerprint density at radius 3 is 2.82 bits per heavy atom. The lowest BCUT2D eigenvalue weighted by molar-refractivity contribution is -0.125. The van der Waals surface area contributed by atoms with Crippen LogP contribution in [-0.4, -0.2) is 39.5 Å². The van der Waals surface area contributed by atoms with Crippen molar-refractivity contribution in [2.75, 3.05) is 5.75 Å². The van der Waals surface area contributed by atoms with Gasteiger partial charge in [0.1, 0.15) is 11.9 Å². The number of nitrogens with zero attached hydrogens (tertiary/aromatic N) is 3. The average molecular weight is 316 g/mol. The minimum Gasteiger partial charge on any atom is -0.369 e. The lowest BCUT2D eigenvalue weighted by Gasteiger charge is -2.25. The van der Waals surface area contributed by atoms with Gasteiger partial charge in [-0.25, -0.2) is 9.89 Å². The van der Waals surface area contributed by atoms with Gasteiger partial charge >= 0.3 is 0 Å². The SMILES string of the molecule is CC(C)C1N=C2c3ccccc3N=C(SCC(N)=O)N2C1=O. The summed E-state index contributed by atoms with van der Waals surface area (Å²) in [5.41, 5.74) is 6.79. The number of aliphatic imine (C=N–C) groups is 2. The first-order valence-corrected chi connectivity index (χ1v) is 7.98. The van der Waals surface area contributed by atoms with Gasteiger partial charge in [0.25, 0.3) is 5.91 Å². The second-order valence-corrected chi connectivity index (χ2v) is 6.42. The maximum absolute atomic E-state index is 12.6. The van der Waals surface area contributed by atoms with Gasteiger partial charge in [-0.3, -0.25) is 14.6 Å². The van der Waals surface area contributed by atoms with E-state index in [4.69, 9.17) is 5.73 Å². The minimum atomic E-state index is -0.447. The molecule has 0 saturated heterocycles. The molecule has 7 heteroatoms. The number of carbonyl (C=O) groups excluding carboxylic acids is 2. The first-order chi connectivity index (χ1) is 10.5.